The fraction of sp³-hybridized carbons (Fsp3) is 0. The van der Waals surface area contributed by atoms with Crippen molar-refractivity contribution in [2.45, 2.75) is 0 Å². The fourth-order valence-corrected chi connectivity index (χ4v) is 4.20. The lowest BCUT2D eigenvalue weighted by Gasteiger charge is -2.08. The highest BCUT2D eigenvalue weighted by molar-refractivity contribution is 9.11. The minimum Gasteiger partial charge on any atom is -0.399 e. The molecule has 19 heteroatoms. The molecule has 4 aromatic rings. The predicted octanol–water partition coefficient (Wildman–Crippen LogP) is 7.43. The largest absolute Gasteiger partial charge is 0.399 e. The van der Waals surface area contributed by atoms with E-state index in [0.717, 1.165) is 18.2 Å². The summed E-state index contributed by atoms with van der Waals surface area (Å²) in [6, 6.07) is 16.8. The molecule has 0 aliphatic rings. The highest BCUT2D eigenvalue weighted by Gasteiger charge is 2.23. The summed E-state index contributed by atoms with van der Waals surface area (Å²) in [6.45, 7) is 0. The number of nitro benzene ring substituents is 3. The number of aldehydes is 1. The molecule has 15 nitrogen and oxygen atoms in total. The molecule has 4 rings (SSSR count). The molecule has 0 radical (unpaired) electrons. The second-order valence-corrected chi connectivity index (χ2v) is 10.0. The van der Waals surface area contributed by atoms with Gasteiger partial charge in [0.15, 0.2) is 12.0 Å². The average Bonchev–Trinajstić information content (AvgIpc) is 3.02. The van der Waals surface area contributed by atoms with Gasteiger partial charge in [0.1, 0.15) is 17.7 Å². The van der Waals surface area contributed by atoms with Crippen molar-refractivity contribution >= 4 is 78.0 Å². The van der Waals surface area contributed by atoms with Crippen molar-refractivity contribution in [1.29, 1.82) is 5.26 Å². The lowest BCUT2D eigenvalue weighted by atomic mass is 10.1. The molecule has 0 aromatic heterocycles. The number of nitrogens with one attached hydrogen (secondary N) is 1. The second-order valence-electron chi connectivity index (χ2n) is 8.31. The highest BCUT2D eigenvalue weighted by Crippen LogP contribution is 2.33. The molecule has 4 N–H and O–H groups in total. The van der Waals surface area contributed by atoms with Gasteiger partial charge in [-0.05, 0) is 92.5 Å². The molecule has 0 spiro atoms. The first-order valence-electron chi connectivity index (χ1n) is 11.9. The number of nitrogen functional groups attached to an aromatic ring is 1. The first-order valence-corrected chi connectivity index (χ1v) is 13.5. The molecule has 46 heavy (non-hydrogen) atoms. The van der Waals surface area contributed by atoms with Crippen LogP contribution in [0.1, 0.15) is 15.9 Å². The molecule has 0 amide bonds. The summed E-state index contributed by atoms with van der Waals surface area (Å²) in [5, 5.41) is 50.3. The number of anilines is 2. The number of carbonyl (C=O) groups is 1. The van der Waals surface area contributed by atoms with Crippen LogP contribution in [0.25, 0.3) is 0 Å². The van der Waals surface area contributed by atoms with Gasteiger partial charge in [-0.2, -0.15) is 5.26 Å². The van der Waals surface area contributed by atoms with Crippen LogP contribution in [0.5, 0.6) is 0 Å². The van der Waals surface area contributed by atoms with Gasteiger partial charge >= 0.3 is 0 Å². The third-order valence-electron chi connectivity index (χ3n) is 5.32. The van der Waals surface area contributed by atoms with E-state index in [-0.39, 0.29) is 49.3 Å². The zero-order valence-corrected chi connectivity index (χ0v) is 25.8. The van der Waals surface area contributed by atoms with Crippen molar-refractivity contribution in [1.82, 2.24) is 0 Å². The molecule has 0 saturated carbocycles. The van der Waals surface area contributed by atoms with Gasteiger partial charge in [-0.1, -0.05) is 0 Å². The van der Waals surface area contributed by atoms with Crippen molar-refractivity contribution in [2.75, 3.05) is 11.2 Å². The monoisotopic (exact) mass is 763 g/mol. The quantitative estimate of drug-likeness (QED) is 0.0549. The topological polar surface area (TPSA) is 241 Å². The number of hydrogen-bond acceptors (Lipinski definition) is 12. The number of aliphatic imine (C=N–C) groups is 1. The fourth-order valence-electron chi connectivity index (χ4n) is 3.20. The number of benzene rings is 4. The number of nitrogens with zero attached hydrogens (tertiary/aromatic N) is 5. The Kier molecular flexibility index (Phi) is 13.4. The molecular weight excluding hydrogens is 748 g/mol. The molecule has 0 aliphatic carbocycles. The third-order valence-corrected chi connectivity index (χ3v) is 6.59. The molecule has 0 heterocycles. The van der Waals surface area contributed by atoms with E-state index in [2.05, 4.69) is 36.9 Å². The Bertz CT molecular complexity index is 1830. The van der Waals surface area contributed by atoms with E-state index in [1.54, 1.807) is 0 Å². The summed E-state index contributed by atoms with van der Waals surface area (Å²) in [4.78, 5) is 44.1. The number of halogens is 4. The van der Waals surface area contributed by atoms with Crippen LogP contribution in [0.15, 0.2) is 86.7 Å². The Balaban J connectivity index is 0.000000272. The Labute approximate surface area is 273 Å². The molecule has 236 valence electrons. The van der Waals surface area contributed by atoms with E-state index in [4.69, 9.17) is 10.9 Å². The Morgan fingerprint density at radius 1 is 0.848 bits per heavy atom. The Hall–Kier alpha value is -5.71. The summed E-state index contributed by atoms with van der Waals surface area (Å²) in [7, 11) is 0. The van der Waals surface area contributed by atoms with E-state index in [1.807, 2.05) is 11.5 Å². The van der Waals surface area contributed by atoms with Crippen LogP contribution >= 0.6 is 31.9 Å². The highest BCUT2D eigenvalue weighted by atomic mass is 79.9. The lowest BCUT2D eigenvalue weighted by Crippen LogP contribution is -2.05. The molecule has 0 saturated heterocycles. The van der Waals surface area contributed by atoms with Gasteiger partial charge in [0.05, 0.1) is 46.7 Å². The molecule has 0 fully saturated rings. The normalized spacial score (nSPS) is 10.2. The summed E-state index contributed by atoms with van der Waals surface area (Å²) in [6.07, 6.45) is 0.270. The summed E-state index contributed by atoms with van der Waals surface area (Å²) in [5.74, 6) is -0.697. The minimum atomic E-state index is -0.844. The van der Waals surface area contributed by atoms with Crippen molar-refractivity contribution in [2.24, 2.45) is 4.99 Å². The molecule has 4 aromatic carbocycles. The lowest BCUT2D eigenvalue weighted by molar-refractivity contribution is -0.394. The van der Waals surface area contributed by atoms with Gasteiger partial charge in [0, 0.05) is 17.3 Å². The van der Waals surface area contributed by atoms with Gasteiger partial charge < -0.3 is 5.73 Å². The maximum Gasteiger partial charge on any atom is 0.290 e. The van der Waals surface area contributed by atoms with E-state index < -0.39 is 32.0 Å². The smallest absolute Gasteiger partial charge is 0.290 e. The first kappa shape index (κ1) is 36.5. The first-order chi connectivity index (χ1) is 21.7. The summed E-state index contributed by atoms with van der Waals surface area (Å²) < 4.78 is 25.1. The zero-order valence-electron chi connectivity index (χ0n) is 22.6. The van der Waals surface area contributed by atoms with Crippen LogP contribution in [0, 0.1) is 53.3 Å². The average molecular weight is 765 g/mol. The van der Waals surface area contributed by atoms with Crippen molar-refractivity contribution in [3.8, 4) is 6.07 Å². The predicted molar refractivity (Wildman–Crippen MR) is 168 cm³/mol. The van der Waals surface area contributed by atoms with Crippen LogP contribution in [0.4, 0.5) is 42.9 Å². The van der Waals surface area contributed by atoms with Crippen LogP contribution in [-0.2, 0) is 0 Å². The summed E-state index contributed by atoms with van der Waals surface area (Å²) in [5.41, 5.74) is 6.44. The van der Waals surface area contributed by atoms with Crippen molar-refractivity contribution in [3.05, 3.63) is 135 Å². The maximum atomic E-state index is 12.9. The molecular formula is C27H17Br2F2N7O8. The van der Waals surface area contributed by atoms with E-state index >= 15 is 0 Å². The molecule has 0 unspecified atom stereocenters. The Morgan fingerprint density at radius 2 is 1.33 bits per heavy atom. The van der Waals surface area contributed by atoms with E-state index in [1.165, 1.54) is 54.6 Å². The SMILES string of the molecule is N#CC(=Nc1ccc(F)cc1)c1cc(Br)c([N+](=O)[O-])cc1NO.Nc1ccc(F)cc1.O=Cc1cc(Br)c([N+](=O)[O-])cc1[N+](=O)[O-]. The zero-order chi connectivity index (χ0) is 34.6. The van der Waals surface area contributed by atoms with E-state index in [0.29, 0.717) is 11.4 Å². The van der Waals surface area contributed by atoms with Crippen LogP contribution < -0.4 is 11.2 Å². The third kappa shape index (κ3) is 10.2. The van der Waals surface area contributed by atoms with Crippen LogP contribution in [0.3, 0.4) is 0 Å². The van der Waals surface area contributed by atoms with Crippen molar-refractivity contribution in [3.63, 3.8) is 0 Å². The number of nitro groups is 3. The molecule has 0 aliphatic heterocycles. The summed E-state index contributed by atoms with van der Waals surface area (Å²) >= 11 is 5.89. The number of rotatable bonds is 7. The van der Waals surface area contributed by atoms with Gasteiger partial charge in [0.25, 0.3) is 17.1 Å². The number of carbonyl (C=O) groups excluding carboxylic acids is 1. The van der Waals surface area contributed by atoms with Gasteiger partial charge in [-0.25, -0.2) is 13.8 Å². The number of nitriles is 1. The molecule has 0 bridgehead atoms. The standard InChI is InChI=1S/C14H8BrFN4O3.C7H3BrN2O5.C6H6FN/c15-11-5-10(12(19-21)6-14(11)20(22)23)13(7-17)18-9-3-1-8(16)2-4-9;8-5-1-4(3-11)6(9(12)13)2-7(5)10(14)15;7-5-1-3-6(8)4-2-5/h1-6,19,21H;1-3H;1-4H,8H2. The van der Waals surface area contributed by atoms with Crippen molar-refractivity contribution < 1.29 is 33.6 Å². The minimum absolute atomic E-state index is 0.0280. The van der Waals surface area contributed by atoms with Gasteiger partial charge in [-0.3, -0.25) is 45.8 Å². The van der Waals surface area contributed by atoms with Gasteiger partial charge in [0.2, 0.25) is 0 Å². The van der Waals surface area contributed by atoms with Crippen LogP contribution in [0.2, 0.25) is 0 Å². The Morgan fingerprint density at radius 3 is 1.76 bits per heavy atom. The molecule has 0 atom stereocenters. The second kappa shape index (κ2) is 17.0. The number of nitrogens with two attached hydrogens (primary N) is 1. The van der Waals surface area contributed by atoms with E-state index in [9.17, 15) is 49.2 Å². The van der Waals surface area contributed by atoms with Crippen LogP contribution in [-0.4, -0.2) is 32.0 Å². The van der Waals surface area contributed by atoms with Gasteiger partial charge in [-0.15, -0.1) is 0 Å². The maximum absolute atomic E-state index is 12.9. The number of hydrogen-bond donors (Lipinski definition) is 3.